The van der Waals surface area contributed by atoms with Gasteiger partial charge in [0.15, 0.2) is 5.22 Å². The van der Waals surface area contributed by atoms with Crippen molar-refractivity contribution in [3.8, 4) is 0 Å². The summed E-state index contributed by atoms with van der Waals surface area (Å²) in [6.07, 6.45) is 0.911. The Morgan fingerprint density at radius 2 is 2.27 bits per heavy atom. The fourth-order valence-corrected chi connectivity index (χ4v) is 1.29. The molecule has 0 aliphatic carbocycles. The number of ether oxygens (including phenoxy) is 1. The summed E-state index contributed by atoms with van der Waals surface area (Å²) >= 11 is 5.62. The molecule has 4 nitrogen and oxygen atoms in total. The summed E-state index contributed by atoms with van der Waals surface area (Å²) in [4.78, 5) is 0. The second-order valence-corrected chi connectivity index (χ2v) is 3.44. The van der Waals surface area contributed by atoms with E-state index < -0.39 is 0 Å². The van der Waals surface area contributed by atoms with Gasteiger partial charge in [0.1, 0.15) is 5.76 Å². The van der Waals surface area contributed by atoms with Gasteiger partial charge in [0.25, 0.3) is 0 Å². The molecule has 86 valence electrons. The van der Waals surface area contributed by atoms with Crippen LogP contribution in [0.4, 0.5) is 0 Å². The van der Waals surface area contributed by atoms with Crippen LogP contribution >= 0.6 is 11.6 Å². The standard InChI is InChI=1S/C10H16ClNO3/c11-10-3-2-9(15-10)8-12-4-1-6-14-7-5-13/h2-3,12-13H,1,4-8H2. The van der Waals surface area contributed by atoms with E-state index in [9.17, 15) is 0 Å². The quantitative estimate of drug-likeness (QED) is 0.667. The minimum atomic E-state index is 0.0817. The van der Waals surface area contributed by atoms with Crippen molar-refractivity contribution in [1.82, 2.24) is 5.32 Å². The average Bonchev–Trinajstić information content (AvgIpc) is 2.63. The average molecular weight is 234 g/mol. The molecule has 5 heteroatoms. The van der Waals surface area contributed by atoms with Gasteiger partial charge >= 0.3 is 0 Å². The zero-order valence-electron chi connectivity index (χ0n) is 8.54. The van der Waals surface area contributed by atoms with Crippen LogP contribution in [-0.2, 0) is 11.3 Å². The fourth-order valence-electron chi connectivity index (χ4n) is 1.12. The lowest BCUT2D eigenvalue weighted by Gasteiger charge is -2.03. The Kier molecular flexibility index (Phi) is 6.43. The van der Waals surface area contributed by atoms with Crippen LogP contribution in [0.2, 0.25) is 5.22 Å². The van der Waals surface area contributed by atoms with E-state index in [-0.39, 0.29) is 6.61 Å². The molecule has 0 aliphatic heterocycles. The molecular weight excluding hydrogens is 218 g/mol. The van der Waals surface area contributed by atoms with E-state index in [2.05, 4.69) is 5.32 Å². The first kappa shape index (κ1) is 12.5. The third-order valence-corrected chi connectivity index (χ3v) is 2.01. The number of hydrogen-bond acceptors (Lipinski definition) is 4. The van der Waals surface area contributed by atoms with E-state index in [1.807, 2.05) is 6.07 Å². The van der Waals surface area contributed by atoms with Crippen molar-refractivity contribution in [3.05, 3.63) is 23.1 Å². The maximum atomic E-state index is 8.45. The smallest absolute Gasteiger partial charge is 0.193 e. The largest absolute Gasteiger partial charge is 0.448 e. The van der Waals surface area contributed by atoms with Gasteiger partial charge in [0, 0.05) is 6.61 Å². The van der Waals surface area contributed by atoms with E-state index in [0.29, 0.717) is 25.0 Å². The Morgan fingerprint density at radius 3 is 2.93 bits per heavy atom. The van der Waals surface area contributed by atoms with Gasteiger partial charge in [0.2, 0.25) is 0 Å². The number of nitrogens with one attached hydrogen (secondary N) is 1. The number of aliphatic hydroxyl groups is 1. The fraction of sp³-hybridized carbons (Fsp3) is 0.600. The molecule has 2 N–H and O–H groups in total. The number of furan rings is 1. The van der Waals surface area contributed by atoms with Gasteiger partial charge in [-0.05, 0) is 36.7 Å². The van der Waals surface area contributed by atoms with Crippen LogP contribution in [0, 0.1) is 0 Å². The minimum Gasteiger partial charge on any atom is -0.448 e. The van der Waals surface area contributed by atoms with Crippen molar-refractivity contribution in [2.45, 2.75) is 13.0 Å². The molecule has 0 bridgehead atoms. The molecular formula is C10H16ClNO3. The van der Waals surface area contributed by atoms with Crippen LogP contribution < -0.4 is 5.32 Å². The molecule has 0 spiro atoms. The maximum Gasteiger partial charge on any atom is 0.193 e. The molecule has 0 saturated heterocycles. The van der Waals surface area contributed by atoms with E-state index >= 15 is 0 Å². The summed E-state index contributed by atoms with van der Waals surface area (Å²) in [7, 11) is 0. The minimum absolute atomic E-state index is 0.0817. The van der Waals surface area contributed by atoms with Crippen LogP contribution in [0.3, 0.4) is 0 Å². The topological polar surface area (TPSA) is 54.6 Å². The lowest BCUT2D eigenvalue weighted by molar-refractivity contribution is 0.0906. The van der Waals surface area contributed by atoms with Crippen molar-refractivity contribution in [2.75, 3.05) is 26.4 Å². The van der Waals surface area contributed by atoms with Gasteiger partial charge in [-0.15, -0.1) is 0 Å². The molecule has 1 aromatic heterocycles. The number of rotatable bonds is 8. The Balaban J connectivity index is 1.93. The summed E-state index contributed by atoms with van der Waals surface area (Å²) in [6, 6.07) is 3.57. The molecule has 0 aromatic carbocycles. The lowest BCUT2D eigenvalue weighted by atomic mass is 10.4. The highest BCUT2D eigenvalue weighted by Gasteiger charge is 1.98. The highest BCUT2D eigenvalue weighted by atomic mass is 35.5. The zero-order chi connectivity index (χ0) is 10.9. The summed E-state index contributed by atoms with van der Waals surface area (Å²) < 4.78 is 10.3. The second-order valence-electron chi connectivity index (χ2n) is 3.07. The highest BCUT2D eigenvalue weighted by Crippen LogP contribution is 2.12. The predicted molar refractivity (Wildman–Crippen MR) is 57.9 cm³/mol. The summed E-state index contributed by atoms with van der Waals surface area (Å²) in [5.41, 5.74) is 0. The van der Waals surface area contributed by atoms with Crippen molar-refractivity contribution in [1.29, 1.82) is 0 Å². The van der Waals surface area contributed by atoms with Gasteiger partial charge in [-0.2, -0.15) is 0 Å². The van der Waals surface area contributed by atoms with E-state index in [1.54, 1.807) is 6.07 Å². The van der Waals surface area contributed by atoms with Crippen LogP contribution in [-0.4, -0.2) is 31.5 Å². The van der Waals surface area contributed by atoms with Crippen LogP contribution in [0.15, 0.2) is 16.5 Å². The van der Waals surface area contributed by atoms with Gasteiger partial charge < -0.3 is 19.6 Å². The molecule has 0 saturated carbocycles. The summed E-state index contributed by atoms with van der Waals surface area (Å²) in [5.74, 6) is 0.830. The molecule has 1 heterocycles. The highest BCUT2D eigenvalue weighted by molar-refractivity contribution is 6.28. The van der Waals surface area contributed by atoms with E-state index in [0.717, 1.165) is 18.7 Å². The number of hydrogen-bond donors (Lipinski definition) is 2. The molecule has 0 fully saturated rings. The number of aliphatic hydroxyl groups excluding tert-OH is 1. The molecule has 0 aliphatic rings. The third-order valence-electron chi connectivity index (χ3n) is 1.81. The first-order valence-corrected chi connectivity index (χ1v) is 5.34. The molecule has 0 unspecified atom stereocenters. The number of halogens is 1. The molecule has 15 heavy (non-hydrogen) atoms. The van der Waals surface area contributed by atoms with Crippen molar-refractivity contribution in [3.63, 3.8) is 0 Å². The Labute approximate surface area is 94.2 Å². The van der Waals surface area contributed by atoms with Crippen LogP contribution in [0.1, 0.15) is 12.2 Å². The van der Waals surface area contributed by atoms with Gasteiger partial charge in [-0.1, -0.05) is 0 Å². The third kappa shape index (κ3) is 5.79. The Morgan fingerprint density at radius 1 is 1.40 bits per heavy atom. The first-order chi connectivity index (χ1) is 7.33. The van der Waals surface area contributed by atoms with Gasteiger partial charge in [-0.25, -0.2) is 0 Å². The molecule has 0 radical (unpaired) electrons. The monoisotopic (exact) mass is 233 g/mol. The predicted octanol–water partition coefficient (Wildman–Crippen LogP) is 1.42. The van der Waals surface area contributed by atoms with Crippen molar-refractivity contribution in [2.24, 2.45) is 0 Å². The van der Waals surface area contributed by atoms with Crippen molar-refractivity contribution >= 4 is 11.6 Å². The summed E-state index contributed by atoms with van der Waals surface area (Å²) in [5, 5.41) is 12.1. The SMILES string of the molecule is OCCOCCCNCc1ccc(Cl)o1. The van der Waals surface area contributed by atoms with Gasteiger partial charge in [-0.3, -0.25) is 0 Å². The maximum absolute atomic E-state index is 8.45. The van der Waals surface area contributed by atoms with Crippen LogP contribution in [0.5, 0.6) is 0 Å². The van der Waals surface area contributed by atoms with Crippen molar-refractivity contribution < 1.29 is 14.3 Å². The Bertz CT molecular complexity index is 265. The van der Waals surface area contributed by atoms with E-state index in [1.165, 1.54) is 0 Å². The lowest BCUT2D eigenvalue weighted by Crippen LogP contribution is -2.16. The molecule has 1 aromatic rings. The molecule has 0 atom stereocenters. The van der Waals surface area contributed by atoms with Gasteiger partial charge in [0.05, 0.1) is 19.8 Å². The first-order valence-electron chi connectivity index (χ1n) is 4.96. The second kappa shape index (κ2) is 7.70. The Hall–Kier alpha value is -0.550. The summed E-state index contributed by atoms with van der Waals surface area (Å²) in [6.45, 7) is 2.68. The zero-order valence-corrected chi connectivity index (χ0v) is 9.29. The molecule has 0 amide bonds. The normalized spacial score (nSPS) is 10.8. The van der Waals surface area contributed by atoms with Crippen LogP contribution in [0.25, 0.3) is 0 Å². The van der Waals surface area contributed by atoms with E-state index in [4.69, 9.17) is 25.9 Å². The molecule has 1 rings (SSSR count).